The van der Waals surface area contributed by atoms with Gasteiger partial charge in [0.25, 0.3) is 0 Å². The molecule has 1 aromatic rings. The van der Waals surface area contributed by atoms with Gasteiger partial charge >= 0.3 is 5.97 Å². The molecule has 1 saturated heterocycles. The molecule has 1 saturated carbocycles. The first-order valence-electron chi connectivity index (χ1n) is 9.27. The van der Waals surface area contributed by atoms with Crippen molar-refractivity contribution in [3.63, 3.8) is 0 Å². The molecule has 1 unspecified atom stereocenters. The van der Waals surface area contributed by atoms with Crippen LogP contribution in [0.3, 0.4) is 0 Å². The van der Waals surface area contributed by atoms with Crippen molar-refractivity contribution in [1.29, 1.82) is 5.26 Å². The van der Waals surface area contributed by atoms with Crippen molar-refractivity contribution in [2.45, 2.75) is 45.8 Å². The molecule has 2 fully saturated rings. The third-order valence-electron chi connectivity index (χ3n) is 5.22. The highest BCUT2D eigenvalue weighted by Gasteiger charge is 2.65. The van der Waals surface area contributed by atoms with E-state index in [1.54, 1.807) is 32.8 Å². The Morgan fingerprint density at radius 1 is 1.30 bits per heavy atom. The molecule has 0 N–H and O–H groups in total. The fraction of sp³-hybridized carbons (Fsp3) is 0.571. The Kier molecular flexibility index (Phi) is 4.90. The minimum atomic E-state index is -1.30. The number of rotatable bonds is 5. The topological polar surface area (TPSA) is 79.6 Å². The minimum absolute atomic E-state index is 0.0617. The molecule has 3 rings (SSSR count). The number of esters is 1. The summed E-state index contributed by atoms with van der Waals surface area (Å²) >= 11 is 0. The summed E-state index contributed by atoms with van der Waals surface area (Å²) in [5, 5.41) is 9.95. The van der Waals surface area contributed by atoms with Gasteiger partial charge in [0.15, 0.2) is 5.41 Å². The highest BCUT2D eigenvalue weighted by molar-refractivity contribution is 5.95. The van der Waals surface area contributed by atoms with Crippen molar-refractivity contribution in [2.24, 2.45) is 17.3 Å². The smallest absolute Gasteiger partial charge is 0.313 e. The summed E-state index contributed by atoms with van der Waals surface area (Å²) in [5.74, 6) is -0.781. The van der Waals surface area contributed by atoms with Crippen molar-refractivity contribution >= 4 is 11.9 Å². The molecule has 0 bridgehead atoms. The van der Waals surface area contributed by atoms with Gasteiger partial charge in [0.2, 0.25) is 5.91 Å². The van der Waals surface area contributed by atoms with Crippen molar-refractivity contribution < 1.29 is 19.1 Å². The summed E-state index contributed by atoms with van der Waals surface area (Å²) in [7, 11) is 1.60. The number of methoxy groups -OCH3 is 1. The van der Waals surface area contributed by atoms with Crippen LogP contribution in [0.2, 0.25) is 0 Å². The van der Waals surface area contributed by atoms with Crippen LogP contribution >= 0.6 is 0 Å². The molecular formula is C21H26N2O4. The zero-order valence-corrected chi connectivity index (χ0v) is 16.3. The highest BCUT2D eigenvalue weighted by Crippen LogP contribution is 2.54. The largest absolute Gasteiger partial charge is 0.497 e. The summed E-state index contributed by atoms with van der Waals surface area (Å²) in [6, 6.07) is 9.67. The van der Waals surface area contributed by atoms with Gasteiger partial charge in [-0.2, -0.15) is 5.26 Å². The number of likely N-dealkylation sites (tertiary alicyclic amines) is 1. The minimum Gasteiger partial charge on any atom is -0.497 e. The summed E-state index contributed by atoms with van der Waals surface area (Å²) in [6.07, 6.45) is 1.60. The van der Waals surface area contributed by atoms with Crippen LogP contribution in [-0.4, -0.2) is 36.0 Å². The lowest BCUT2D eigenvalue weighted by Gasteiger charge is -2.27. The molecule has 144 valence electrons. The lowest BCUT2D eigenvalue weighted by Crippen LogP contribution is -2.42. The van der Waals surface area contributed by atoms with Crippen LogP contribution in [0.5, 0.6) is 5.75 Å². The second-order valence-electron chi connectivity index (χ2n) is 8.37. The van der Waals surface area contributed by atoms with E-state index in [1.807, 2.05) is 24.3 Å². The van der Waals surface area contributed by atoms with E-state index in [2.05, 4.69) is 6.07 Å². The summed E-state index contributed by atoms with van der Waals surface area (Å²) in [5.41, 5.74) is -1.03. The maximum Gasteiger partial charge on any atom is 0.313 e. The van der Waals surface area contributed by atoms with Crippen LogP contribution in [-0.2, 0) is 20.9 Å². The molecule has 27 heavy (non-hydrogen) atoms. The Balaban J connectivity index is 1.86. The third kappa shape index (κ3) is 3.64. The van der Waals surface area contributed by atoms with Gasteiger partial charge in [-0.3, -0.25) is 9.59 Å². The van der Waals surface area contributed by atoms with Crippen LogP contribution in [0.4, 0.5) is 0 Å². The number of nitrogens with zero attached hydrogens (tertiary/aromatic N) is 2. The molecule has 1 heterocycles. The second-order valence-corrected chi connectivity index (χ2v) is 8.37. The van der Waals surface area contributed by atoms with Gasteiger partial charge in [-0.05, 0) is 57.2 Å². The molecule has 2 atom stereocenters. The first-order valence-corrected chi connectivity index (χ1v) is 9.27. The molecule has 2 aliphatic rings. The summed E-state index contributed by atoms with van der Waals surface area (Å²) in [6.45, 7) is 5.95. The molecule has 6 nitrogen and oxygen atoms in total. The lowest BCUT2D eigenvalue weighted by molar-refractivity contribution is -0.163. The van der Waals surface area contributed by atoms with Gasteiger partial charge in [-0.15, -0.1) is 0 Å². The predicted molar refractivity (Wildman–Crippen MR) is 98.5 cm³/mol. The maximum absolute atomic E-state index is 13.2. The molecular weight excluding hydrogens is 344 g/mol. The Hall–Kier alpha value is -2.55. The van der Waals surface area contributed by atoms with E-state index < -0.39 is 22.9 Å². The zero-order chi connectivity index (χ0) is 19.8. The number of benzene rings is 1. The Morgan fingerprint density at radius 3 is 2.41 bits per heavy atom. The van der Waals surface area contributed by atoms with Crippen LogP contribution in [0.15, 0.2) is 24.3 Å². The highest BCUT2D eigenvalue weighted by atomic mass is 16.6. The van der Waals surface area contributed by atoms with Crippen molar-refractivity contribution in [2.75, 3.05) is 13.7 Å². The average molecular weight is 370 g/mol. The second kappa shape index (κ2) is 6.88. The number of hydrogen-bond acceptors (Lipinski definition) is 5. The Morgan fingerprint density at radius 2 is 1.93 bits per heavy atom. The van der Waals surface area contributed by atoms with Gasteiger partial charge in [0.05, 0.1) is 13.2 Å². The normalized spacial score (nSPS) is 25.2. The van der Waals surface area contributed by atoms with Crippen LogP contribution < -0.4 is 4.74 Å². The van der Waals surface area contributed by atoms with E-state index in [0.29, 0.717) is 6.54 Å². The molecule has 0 aromatic heterocycles. The number of amides is 1. The fourth-order valence-electron chi connectivity index (χ4n) is 3.79. The molecule has 1 aromatic carbocycles. The SMILES string of the molecule is COc1ccc(CN2CC(C(=O)OC(C)(C)C)[C@@](C#N)(C3CC3)C2=O)cc1. The number of carbonyl (C=O) groups is 2. The molecule has 0 radical (unpaired) electrons. The van der Waals surface area contributed by atoms with Crippen LogP contribution in [0, 0.1) is 28.6 Å². The van der Waals surface area contributed by atoms with Crippen molar-refractivity contribution in [3.8, 4) is 11.8 Å². The standard InChI is InChI=1S/C21H26N2O4/c1-20(2,3)27-18(24)17-12-23(11-14-5-9-16(26-4)10-6-14)19(25)21(17,13-22)15-7-8-15/h5-6,9-10,15,17H,7-8,11-12H2,1-4H3/t17?,21-/m1/s1. The Bertz CT molecular complexity index is 771. The zero-order valence-electron chi connectivity index (χ0n) is 16.3. The molecule has 0 spiro atoms. The van der Waals surface area contributed by atoms with Crippen molar-refractivity contribution in [3.05, 3.63) is 29.8 Å². The molecule has 1 aliphatic carbocycles. The average Bonchev–Trinajstić information content (AvgIpc) is 3.41. The van der Waals surface area contributed by atoms with E-state index in [9.17, 15) is 14.9 Å². The fourth-order valence-corrected chi connectivity index (χ4v) is 3.79. The predicted octanol–water partition coefficient (Wildman–Crippen LogP) is 2.92. The summed E-state index contributed by atoms with van der Waals surface area (Å²) in [4.78, 5) is 27.7. The first kappa shape index (κ1) is 19.2. The number of ether oxygens (including phenoxy) is 2. The van der Waals surface area contributed by atoms with Crippen LogP contribution in [0.25, 0.3) is 0 Å². The monoisotopic (exact) mass is 370 g/mol. The number of hydrogen-bond donors (Lipinski definition) is 0. The Labute approximate surface area is 160 Å². The number of carbonyl (C=O) groups excluding carboxylic acids is 2. The van der Waals surface area contributed by atoms with E-state index in [1.165, 1.54) is 0 Å². The van der Waals surface area contributed by atoms with Gasteiger partial charge in [0, 0.05) is 13.1 Å². The molecule has 6 heteroatoms. The molecule has 1 amide bonds. The van der Waals surface area contributed by atoms with Crippen LogP contribution in [0.1, 0.15) is 39.2 Å². The molecule has 1 aliphatic heterocycles. The first-order chi connectivity index (χ1) is 12.7. The van der Waals surface area contributed by atoms with E-state index in [-0.39, 0.29) is 18.4 Å². The van der Waals surface area contributed by atoms with Crippen molar-refractivity contribution in [1.82, 2.24) is 4.90 Å². The van der Waals surface area contributed by atoms with Gasteiger partial charge in [0.1, 0.15) is 17.3 Å². The van der Waals surface area contributed by atoms with E-state index >= 15 is 0 Å². The maximum atomic E-state index is 13.2. The van der Waals surface area contributed by atoms with Gasteiger partial charge in [-0.1, -0.05) is 12.1 Å². The van der Waals surface area contributed by atoms with E-state index in [4.69, 9.17) is 9.47 Å². The van der Waals surface area contributed by atoms with E-state index in [0.717, 1.165) is 24.2 Å². The lowest BCUT2D eigenvalue weighted by atomic mass is 9.74. The van der Waals surface area contributed by atoms with Gasteiger partial charge < -0.3 is 14.4 Å². The number of nitriles is 1. The van der Waals surface area contributed by atoms with Gasteiger partial charge in [-0.25, -0.2) is 0 Å². The quantitative estimate of drug-likeness (QED) is 0.745. The summed E-state index contributed by atoms with van der Waals surface area (Å²) < 4.78 is 10.7. The third-order valence-corrected chi connectivity index (χ3v) is 5.22.